The number of rotatable bonds is 4. The molecule has 28 heavy (non-hydrogen) atoms. The van der Waals surface area contributed by atoms with Gasteiger partial charge in [-0.15, -0.1) is 11.3 Å². The number of thiophene rings is 1. The van der Waals surface area contributed by atoms with Gasteiger partial charge in [0.2, 0.25) is 0 Å². The number of morpholine rings is 1. The van der Waals surface area contributed by atoms with E-state index in [0.29, 0.717) is 6.04 Å². The second kappa shape index (κ2) is 8.25. The largest absolute Gasteiger partial charge is 0.379 e. The fourth-order valence-corrected chi connectivity index (χ4v) is 6.36. The van der Waals surface area contributed by atoms with Crippen molar-refractivity contribution in [3.05, 3.63) is 16.3 Å². The zero-order valence-electron chi connectivity index (χ0n) is 17.0. The molecule has 0 aromatic carbocycles. The zero-order chi connectivity index (χ0) is 18.9. The topological polar surface area (TPSA) is 50.3 Å². The second-order valence-electron chi connectivity index (χ2n) is 8.89. The number of ether oxygens (including phenoxy) is 1. The van der Waals surface area contributed by atoms with E-state index in [2.05, 4.69) is 17.1 Å². The predicted molar refractivity (Wildman–Crippen MR) is 115 cm³/mol. The lowest BCUT2D eigenvalue weighted by Gasteiger charge is -2.27. The van der Waals surface area contributed by atoms with E-state index < -0.39 is 0 Å². The van der Waals surface area contributed by atoms with Crippen molar-refractivity contribution in [3.8, 4) is 0 Å². The second-order valence-corrected chi connectivity index (χ2v) is 9.97. The molecule has 1 saturated heterocycles. The summed E-state index contributed by atoms with van der Waals surface area (Å²) in [6.07, 6.45) is 10.3. The van der Waals surface area contributed by atoms with Crippen molar-refractivity contribution < 1.29 is 4.74 Å². The van der Waals surface area contributed by atoms with Crippen LogP contribution < -0.4 is 5.32 Å². The van der Waals surface area contributed by atoms with Crippen LogP contribution in [-0.4, -0.2) is 47.2 Å². The third kappa shape index (κ3) is 3.91. The van der Waals surface area contributed by atoms with E-state index in [9.17, 15) is 0 Å². The molecule has 2 fully saturated rings. The molecule has 0 spiro atoms. The van der Waals surface area contributed by atoms with Crippen molar-refractivity contribution in [2.45, 2.75) is 70.9 Å². The minimum absolute atomic E-state index is 0.571. The zero-order valence-corrected chi connectivity index (χ0v) is 17.8. The van der Waals surface area contributed by atoms with E-state index >= 15 is 0 Å². The summed E-state index contributed by atoms with van der Waals surface area (Å²) in [4.78, 5) is 15.3. The van der Waals surface area contributed by atoms with Gasteiger partial charge in [0.1, 0.15) is 16.5 Å². The highest BCUT2D eigenvalue weighted by atomic mass is 32.1. The number of nitrogens with one attached hydrogen (secondary N) is 1. The number of aryl methyl sites for hydroxylation is 1. The van der Waals surface area contributed by atoms with Crippen LogP contribution in [0.2, 0.25) is 0 Å². The molecule has 1 aliphatic heterocycles. The highest BCUT2D eigenvalue weighted by Gasteiger charge is 2.26. The lowest BCUT2D eigenvalue weighted by molar-refractivity contribution is 0.0331. The van der Waals surface area contributed by atoms with Gasteiger partial charge in [-0.2, -0.15) is 0 Å². The Kier molecular flexibility index (Phi) is 5.53. The van der Waals surface area contributed by atoms with Crippen molar-refractivity contribution >= 4 is 27.4 Å². The van der Waals surface area contributed by atoms with Crippen LogP contribution in [-0.2, 0) is 24.1 Å². The average Bonchev–Trinajstić information content (AvgIpc) is 3.07. The summed E-state index contributed by atoms with van der Waals surface area (Å²) in [7, 11) is 0. The molecule has 1 N–H and O–H groups in total. The summed E-state index contributed by atoms with van der Waals surface area (Å²) in [6, 6.07) is 0.571. The Morgan fingerprint density at radius 3 is 2.75 bits per heavy atom. The molecule has 1 saturated carbocycles. The lowest BCUT2D eigenvalue weighted by Crippen LogP contribution is -2.36. The van der Waals surface area contributed by atoms with Gasteiger partial charge in [-0.3, -0.25) is 4.90 Å². The molecule has 2 aromatic rings. The Balaban J connectivity index is 1.50. The van der Waals surface area contributed by atoms with Crippen molar-refractivity contribution in [1.82, 2.24) is 14.9 Å². The van der Waals surface area contributed by atoms with Gasteiger partial charge >= 0.3 is 0 Å². The maximum atomic E-state index is 5.50. The quantitative estimate of drug-likeness (QED) is 0.825. The molecule has 2 aromatic heterocycles. The van der Waals surface area contributed by atoms with E-state index in [1.807, 2.05) is 11.3 Å². The standard InChI is InChI=1S/C22H32N4OS/c1-15-7-8-17-18(13-15)28-22-20(17)21(23-16-5-3-2-4-6-16)24-19(25-22)14-26-9-11-27-12-10-26/h15-16H,2-14H2,1H3,(H,23,24,25)/t15-/m0/s1. The first-order valence-corrected chi connectivity index (χ1v) is 12.0. The fraction of sp³-hybridized carbons (Fsp3) is 0.727. The summed E-state index contributed by atoms with van der Waals surface area (Å²) in [5.74, 6) is 2.88. The van der Waals surface area contributed by atoms with Gasteiger partial charge in [0, 0.05) is 24.0 Å². The van der Waals surface area contributed by atoms with Crippen LogP contribution in [0.5, 0.6) is 0 Å². The van der Waals surface area contributed by atoms with Gasteiger partial charge in [-0.25, -0.2) is 9.97 Å². The first-order valence-electron chi connectivity index (χ1n) is 11.1. The number of aromatic nitrogens is 2. The Hall–Kier alpha value is -1.24. The number of hydrogen-bond donors (Lipinski definition) is 1. The average molecular weight is 401 g/mol. The van der Waals surface area contributed by atoms with E-state index in [1.165, 1.54) is 67.1 Å². The Morgan fingerprint density at radius 2 is 1.93 bits per heavy atom. The fourth-order valence-electron chi connectivity index (χ4n) is 4.96. The normalized spacial score (nSPS) is 24.4. The van der Waals surface area contributed by atoms with Crippen LogP contribution in [0.25, 0.3) is 10.2 Å². The Bertz CT molecular complexity index is 824. The monoisotopic (exact) mass is 400 g/mol. The molecule has 0 amide bonds. The van der Waals surface area contributed by atoms with Crippen LogP contribution >= 0.6 is 11.3 Å². The van der Waals surface area contributed by atoms with E-state index in [1.54, 1.807) is 4.88 Å². The molecule has 1 atom stereocenters. The van der Waals surface area contributed by atoms with Crippen LogP contribution in [0.4, 0.5) is 5.82 Å². The molecule has 152 valence electrons. The summed E-state index contributed by atoms with van der Waals surface area (Å²) in [5.41, 5.74) is 1.54. The smallest absolute Gasteiger partial charge is 0.146 e. The highest BCUT2D eigenvalue weighted by molar-refractivity contribution is 7.19. The number of nitrogens with zero attached hydrogens (tertiary/aromatic N) is 3. The minimum atomic E-state index is 0.571. The number of hydrogen-bond acceptors (Lipinski definition) is 6. The number of anilines is 1. The molecule has 0 unspecified atom stereocenters. The SMILES string of the molecule is C[C@H]1CCc2c(sc3nc(CN4CCOCC4)nc(NC4CCCCC4)c23)C1. The highest BCUT2D eigenvalue weighted by Crippen LogP contribution is 2.40. The third-order valence-electron chi connectivity index (χ3n) is 6.62. The van der Waals surface area contributed by atoms with E-state index in [0.717, 1.165) is 50.4 Å². The Morgan fingerprint density at radius 1 is 1.11 bits per heavy atom. The summed E-state index contributed by atoms with van der Waals surface area (Å²) in [5, 5.41) is 5.20. The van der Waals surface area contributed by atoms with Crippen LogP contribution in [0.1, 0.15) is 61.7 Å². The van der Waals surface area contributed by atoms with Crippen molar-refractivity contribution in [3.63, 3.8) is 0 Å². The van der Waals surface area contributed by atoms with Crippen LogP contribution in [0, 0.1) is 5.92 Å². The van der Waals surface area contributed by atoms with Gasteiger partial charge in [-0.1, -0.05) is 26.2 Å². The predicted octanol–water partition coefficient (Wildman–Crippen LogP) is 4.39. The maximum Gasteiger partial charge on any atom is 0.146 e. The maximum absolute atomic E-state index is 5.50. The summed E-state index contributed by atoms with van der Waals surface area (Å²) in [6.45, 7) is 6.80. The van der Waals surface area contributed by atoms with E-state index in [-0.39, 0.29) is 0 Å². The van der Waals surface area contributed by atoms with Gasteiger partial charge in [0.15, 0.2) is 0 Å². The van der Waals surface area contributed by atoms with Crippen molar-refractivity contribution in [2.75, 3.05) is 31.6 Å². The molecule has 5 rings (SSSR count). The molecule has 0 bridgehead atoms. The molecule has 5 nitrogen and oxygen atoms in total. The first kappa shape index (κ1) is 18.8. The number of fused-ring (bicyclic) bond motifs is 3. The molecule has 6 heteroatoms. The molecular formula is C22H32N4OS. The third-order valence-corrected chi connectivity index (χ3v) is 7.76. The summed E-state index contributed by atoms with van der Waals surface area (Å²) < 4.78 is 5.50. The van der Waals surface area contributed by atoms with Crippen molar-refractivity contribution in [1.29, 1.82) is 0 Å². The lowest BCUT2D eigenvalue weighted by atomic mass is 9.89. The first-order chi connectivity index (χ1) is 13.8. The summed E-state index contributed by atoms with van der Waals surface area (Å²) >= 11 is 1.92. The van der Waals surface area contributed by atoms with Crippen molar-refractivity contribution in [2.24, 2.45) is 5.92 Å². The van der Waals surface area contributed by atoms with Crippen LogP contribution in [0.3, 0.4) is 0 Å². The van der Waals surface area contributed by atoms with E-state index in [4.69, 9.17) is 14.7 Å². The molecule has 3 heterocycles. The van der Waals surface area contributed by atoms with Gasteiger partial charge in [-0.05, 0) is 43.6 Å². The van der Waals surface area contributed by atoms with Gasteiger partial charge < -0.3 is 10.1 Å². The Labute approximate surface area is 171 Å². The van der Waals surface area contributed by atoms with Gasteiger partial charge in [0.05, 0.1) is 25.1 Å². The molecule has 2 aliphatic carbocycles. The molecular weight excluding hydrogens is 368 g/mol. The molecule has 0 radical (unpaired) electrons. The minimum Gasteiger partial charge on any atom is -0.379 e. The van der Waals surface area contributed by atoms with Crippen LogP contribution in [0.15, 0.2) is 0 Å². The van der Waals surface area contributed by atoms with Gasteiger partial charge in [0.25, 0.3) is 0 Å². The molecule has 3 aliphatic rings.